The van der Waals surface area contributed by atoms with Crippen LogP contribution in [-0.4, -0.2) is 40.6 Å². The molecule has 0 saturated carbocycles. The second-order valence-electron chi connectivity index (χ2n) is 5.70. The highest BCUT2D eigenvalue weighted by molar-refractivity contribution is 7.89. The Balaban J connectivity index is 1.95. The lowest BCUT2D eigenvalue weighted by Gasteiger charge is -2.26. The van der Waals surface area contributed by atoms with E-state index in [2.05, 4.69) is 16.2 Å². The summed E-state index contributed by atoms with van der Waals surface area (Å²) >= 11 is 0. The summed E-state index contributed by atoms with van der Waals surface area (Å²) in [5, 5.41) is 4.23. The fraction of sp³-hybridized carbons (Fsp3) is 0.375. The van der Waals surface area contributed by atoms with Crippen LogP contribution < -0.4 is 0 Å². The van der Waals surface area contributed by atoms with Gasteiger partial charge in [0.2, 0.25) is 10.0 Å². The molecule has 0 saturated heterocycles. The molecule has 6 nitrogen and oxygen atoms in total. The van der Waals surface area contributed by atoms with Gasteiger partial charge in [0.15, 0.2) is 0 Å². The van der Waals surface area contributed by atoms with Crippen molar-refractivity contribution < 1.29 is 8.42 Å². The maximum atomic E-state index is 13.0. The van der Waals surface area contributed by atoms with Crippen molar-refractivity contribution in [2.45, 2.75) is 25.2 Å². The molecule has 0 fully saturated rings. The van der Waals surface area contributed by atoms with Gasteiger partial charge in [-0.05, 0) is 38.0 Å². The molecule has 0 aromatic carbocycles. The molecule has 1 aliphatic heterocycles. The molecule has 0 amide bonds. The normalized spacial score (nSPS) is 16.4. The quantitative estimate of drug-likeness (QED) is 0.861. The number of aromatic nitrogens is 3. The summed E-state index contributed by atoms with van der Waals surface area (Å²) in [7, 11) is -1.80. The highest BCUT2D eigenvalue weighted by Gasteiger charge is 2.32. The maximum Gasteiger partial charge on any atom is 0.247 e. The largest absolute Gasteiger partial charge is 0.271 e. The van der Waals surface area contributed by atoms with Gasteiger partial charge in [-0.2, -0.15) is 9.40 Å². The molecule has 0 spiro atoms. The van der Waals surface area contributed by atoms with Gasteiger partial charge >= 0.3 is 0 Å². The summed E-state index contributed by atoms with van der Waals surface area (Å²) < 4.78 is 29.2. The summed E-state index contributed by atoms with van der Waals surface area (Å²) in [6.45, 7) is 4.34. The highest BCUT2D eigenvalue weighted by Crippen LogP contribution is 2.27. The number of rotatable bonds is 3. The summed E-state index contributed by atoms with van der Waals surface area (Å²) in [5.41, 5.74) is 2.97. The number of aryl methyl sites for hydroxylation is 2. The van der Waals surface area contributed by atoms with Gasteiger partial charge in [-0.15, -0.1) is 0 Å². The Hall–Kier alpha value is -1.99. The number of hydrogen-bond acceptors (Lipinski definition) is 4. The van der Waals surface area contributed by atoms with Crippen LogP contribution in [0.1, 0.15) is 23.5 Å². The Labute approximate surface area is 136 Å². The van der Waals surface area contributed by atoms with Gasteiger partial charge in [-0.1, -0.05) is 12.1 Å². The van der Waals surface area contributed by atoms with Crippen LogP contribution in [0.4, 0.5) is 0 Å². The molecule has 0 aliphatic carbocycles. The minimum Gasteiger partial charge on any atom is -0.271 e. The van der Waals surface area contributed by atoms with E-state index in [-0.39, 0.29) is 0 Å². The van der Waals surface area contributed by atoms with Crippen LogP contribution in [0.15, 0.2) is 35.4 Å². The van der Waals surface area contributed by atoms with Crippen molar-refractivity contribution in [2.24, 2.45) is 7.05 Å². The van der Waals surface area contributed by atoms with Gasteiger partial charge in [-0.25, -0.2) is 8.42 Å². The molecule has 1 aliphatic rings. The number of pyridine rings is 1. The zero-order valence-corrected chi connectivity index (χ0v) is 14.3. The lowest BCUT2D eigenvalue weighted by Crippen LogP contribution is -2.36. The first-order valence-electron chi connectivity index (χ1n) is 7.52. The van der Waals surface area contributed by atoms with Gasteiger partial charge < -0.3 is 0 Å². The van der Waals surface area contributed by atoms with E-state index in [4.69, 9.17) is 0 Å². The van der Waals surface area contributed by atoms with E-state index in [1.165, 1.54) is 4.31 Å². The molecule has 7 heteroatoms. The highest BCUT2D eigenvalue weighted by atomic mass is 32.2. The topological polar surface area (TPSA) is 68.1 Å². The molecule has 2 aromatic heterocycles. The Morgan fingerprint density at radius 2 is 2.00 bits per heavy atom. The molecule has 3 heterocycles. The first-order chi connectivity index (χ1) is 10.9. The Kier molecular flexibility index (Phi) is 4.08. The van der Waals surface area contributed by atoms with Crippen molar-refractivity contribution in [3.63, 3.8) is 0 Å². The average Bonchev–Trinajstić information content (AvgIpc) is 2.81. The predicted octanol–water partition coefficient (Wildman–Crippen LogP) is 1.91. The van der Waals surface area contributed by atoms with Crippen molar-refractivity contribution in [3.8, 4) is 0 Å². The number of sulfonamides is 1. The molecule has 0 N–H and O–H groups in total. The molecule has 3 rings (SSSR count). The zero-order chi connectivity index (χ0) is 16.6. The first kappa shape index (κ1) is 15.9. The van der Waals surface area contributed by atoms with Crippen molar-refractivity contribution in [3.05, 3.63) is 47.6 Å². The lowest BCUT2D eigenvalue weighted by atomic mass is 10.1. The van der Waals surface area contributed by atoms with Crippen LogP contribution in [0, 0.1) is 13.8 Å². The Morgan fingerprint density at radius 1 is 1.22 bits per heavy atom. The summed E-state index contributed by atoms with van der Waals surface area (Å²) in [4.78, 5) is 4.65. The molecule has 122 valence electrons. The second-order valence-corrected chi connectivity index (χ2v) is 7.57. The molecule has 0 unspecified atom stereocenters. The minimum atomic E-state index is -3.56. The second kappa shape index (κ2) is 5.90. The van der Waals surface area contributed by atoms with E-state index < -0.39 is 10.0 Å². The van der Waals surface area contributed by atoms with Crippen molar-refractivity contribution in [2.75, 3.05) is 13.1 Å². The number of hydrogen-bond donors (Lipinski definition) is 0. The molecule has 23 heavy (non-hydrogen) atoms. The smallest absolute Gasteiger partial charge is 0.247 e. The fourth-order valence-corrected chi connectivity index (χ4v) is 4.75. The predicted molar refractivity (Wildman–Crippen MR) is 88.3 cm³/mol. The van der Waals surface area contributed by atoms with Crippen molar-refractivity contribution >= 4 is 15.6 Å². The summed E-state index contributed by atoms with van der Waals surface area (Å²) in [5.74, 6) is 0. The van der Waals surface area contributed by atoms with Gasteiger partial charge in [0.25, 0.3) is 0 Å². The van der Waals surface area contributed by atoms with Gasteiger partial charge in [0, 0.05) is 26.3 Å². The van der Waals surface area contributed by atoms with Crippen LogP contribution in [0.3, 0.4) is 0 Å². The third-order valence-corrected chi connectivity index (χ3v) is 6.25. The van der Waals surface area contributed by atoms with Crippen molar-refractivity contribution in [1.82, 2.24) is 19.1 Å². The van der Waals surface area contributed by atoms with E-state index in [0.29, 0.717) is 35.8 Å². The molecular formula is C16H20N4O2S. The first-order valence-corrected chi connectivity index (χ1v) is 8.96. The van der Waals surface area contributed by atoms with Crippen LogP contribution in [0.5, 0.6) is 0 Å². The van der Waals surface area contributed by atoms with Crippen LogP contribution >= 0.6 is 0 Å². The molecule has 2 aromatic rings. The molecule has 0 atom stereocenters. The van der Waals surface area contributed by atoms with Crippen LogP contribution in [0.2, 0.25) is 0 Å². The number of nitrogens with zero attached hydrogens (tertiary/aromatic N) is 4. The van der Waals surface area contributed by atoms with Crippen LogP contribution in [-0.2, 0) is 17.1 Å². The molecule has 0 bridgehead atoms. The lowest BCUT2D eigenvalue weighted by molar-refractivity contribution is 0.442. The van der Waals surface area contributed by atoms with E-state index in [9.17, 15) is 8.42 Å². The molecular weight excluding hydrogens is 312 g/mol. The summed E-state index contributed by atoms with van der Waals surface area (Å²) in [6, 6.07) is 5.66. The van der Waals surface area contributed by atoms with E-state index in [0.717, 1.165) is 11.3 Å². The third-order valence-electron chi connectivity index (χ3n) is 4.15. The van der Waals surface area contributed by atoms with E-state index in [1.54, 1.807) is 31.8 Å². The van der Waals surface area contributed by atoms with Crippen molar-refractivity contribution in [1.29, 1.82) is 0 Å². The standard InChI is InChI=1S/C16H20N4O2S/c1-12-16(13(2)19(3)18-12)23(21,22)20-10-6-7-14(11-20)15-8-4-5-9-17-15/h4-5,7-9H,6,10-11H2,1-3H3. The minimum absolute atomic E-state index is 0.322. The average molecular weight is 332 g/mol. The monoisotopic (exact) mass is 332 g/mol. The van der Waals surface area contributed by atoms with E-state index in [1.807, 2.05) is 18.2 Å². The Morgan fingerprint density at radius 3 is 2.61 bits per heavy atom. The zero-order valence-electron chi connectivity index (χ0n) is 13.5. The van der Waals surface area contributed by atoms with E-state index >= 15 is 0 Å². The Bertz CT molecular complexity index is 854. The maximum absolute atomic E-state index is 13.0. The summed E-state index contributed by atoms with van der Waals surface area (Å²) in [6.07, 6.45) is 4.47. The van der Waals surface area contributed by atoms with Crippen LogP contribution in [0.25, 0.3) is 5.57 Å². The SMILES string of the molecule is Cc1nn(C)c(C)c1S(=O)(=O)N1CCC=C(c2ccccn2)C1. The van der Waals surface area contributed by atoms with Gasteiger partial charge in [0.1, 0.15) is 4.90 Å². The van der Waals surface area contributed by atoms with Gasteiger partial charge in [-0.3, -0.25) is 9.67 Å². The van der Waals surface area contributed by atoms with Gasteiger partial charge in [0.05, 0.1) is 17.1 Å². The third kappa shape index (κ3) is 2.82. The fourth-order valence-electron chi connectivity index (χ4n) is 2.92. The molecule has 0 radical (unpaired) electrons.